The van der Waals surface area contributed by atoms with E-state index < -0.39 is 29.7 Å². The number of nitrogens with zero attached hydrogens (tertiary/aromatic N) is 6. The average Bonchev–Trinajstić information content (AvgIpc) is 3.68. The third kappa shape index (κ3) is 4.85. The first-order chi connectivity index (χ1) is 18.9. The minimum Gasteiger partial charge on any atom is -0.442 e. The molecule has 2 saturated heterocycles. The smallest absolute Gasteiger partial charge is 0.414 e. The van der Waals surface area contributed by atoms with Gasteiger partial charge in [-0.1, -0.05) is 21.1 Å². The van der Waals surface area contributed by atoms with Crippen LogP contribution in [0.4, 0.5) is 20.6 Å². The Morgan fingerprint density at radius 2 is 1.95 bits per heavy atom. The van der Waals surface area contributed by atoms with Crippen LogP contribution in [0.15, 0.2) is 59.5 Å². The Morgan fingerprint density at radius 3 is 2.69 bits per heavy atom. The molecule has 2 fully saturated rings. The minimum atomic E-state index is -0.584. The van der Waals surface area contributed by atoms with E-state index >= 15 is 4.39 Å². The Kier molecular flexibility index (Phi) is 6.51. The van der Waals surface area contributed by atoms with Gasteiger partial charge in [0.05, 0.1) is 36.2 Å². The molecule has 0 aliphatic carbocycles. The van der Waals surface area contributed by atoms with Crippen LogP contribution in [0.2, 0.25) is 0 Å². The second-order valence-corrected chi connectivity index (χ2v) is 10.3. The summed E-state index contributed by atoms with van der Waals surface area (Å²) in [5, 5.41) is 8.29. The number of aromatic amines is 1. The molecule has 6 rings (SSSR count). The van der Waals surface area contributed by atoms with Crippen LogP contribution < -0.4 is 9.80 Å². The van der Waals surface area contributed by atoms with E-state index in [9.17, 15) is 14.4 Å². The van der Waals surface area contributed by atoms with Crippen LogP contribution in [0.3, 0.4) is 0 Å². The SMILES string of the molecule is O=C(C(=O)N1CCN(c2ccc(N3C[C@H](Cn4ccnn4)OC3=O)cc2F)CC1)c1c[nH]c2ccc(Br)cc12. The van der Waals surface area contributed by atoms with Gasteiger partial charge in [-0.05, 0) is 36.4 Å². The highest BCUT2D eigenvalue weighted by molar-refractivity contribution is 9.10. The van der Waals surface area contributed by atoms with Crippen LogP contribution in [0.25, 0.3) is 10.9 Å². The number of piperazine rings is 1. The standard InChI is InChI=1S/C26H23BrFN7O4/c27-16-1-3-22-19(11-16)20(13-29-22)24(36)25(37)33-9-7-32(8-10-33)23-4-2-17(12-21(23)28)35-15-18(39-26(35)38)14-34-6-5-30-31-34/h1-6,11-13,18,29H,7-10,14-15H2/t18-/m0/s1. The number of benzene rings is 2. The maximum atomic E-state index is 15.2. The van der Waals surface area contributed by atoms with Crippen LogP contribution in [-0.2, 0) is 16.1 Å². The first-order valence-corrected chi connectivity index (χ1v) is 13.1. The molecule has 2 aliphatic rings. The maximum absolute atomic E-state index is 15.2. The van der Waals surface area contributed by atoms with Crippen LogP contribution >= 0.6 is 15.9 Å². The fourth-order valence-electron chi connectivity index (χ4n) is 4.98. The molecule has 200 valence electrons. The van der Waals surface area contributed by atoms with Crippen molar-refractivity contribution in [3.05, 3.63) is 70.8 Å². The highest BCUT2D eigenvalue weighted by Gasteiger charge is 2.34. The number of amides is 2. The van der Waals surface area contributed by atoms with E-state index in [-0.39, 0.29) is 19.6 Å². The van der Waals surface area contributed by atoms with Crippen molar-refractivity contribution >= 4 is 56.0 Å². The van der Waals surface area contributed by atoms with Gasteiger partial charge >= 0.3 is 6.09 Å². The molecule has 2 amide bonds. The highest BCUT2D eigenvalue weighted by atomic mass is 79.9. The number of carbonyl (C=O) groups is 3. The molecule has 0 radical (unpaired) electrons. The van der Waals surface area contributed by atoms with Gasteiger partial charge in [0.1, 0.15) is 11.9 Å². The molecule has 0 unspecified atom stereocenters. The van der Waals surface area contributed by atoms with Crippen molar-refractivity contribution in [1.82, 2.24) is 24.9 Å². The lowest BCUT2D eigenvalue weighted by Gasteiger charge is -2.36. The van der Waals surface area contributed by atoms with Crippen molar-refractivity contribution in [1.29, 1.82) is 0 Å². The van der Waals surface area contributed by atoms with E-state index in [0.717, 1.165) is 9.99 Å². The van der Waals surface area contributed by atoms with Crippen LogP contribution in [0.5, 0.6) is 0 Å². The summed E-state index contributed by atoms with van der Waals surface area (Å²) in [5.41, 5.74) is 1.85. The zero-order valence-electron chi connectivity index (χ0n) is 20.6. The van der Waals surface area contributed by atoms with E-state index in [4.69, 9.17) is 4.74 Å². The van der Waals surface area contributed by atoms with E-state index in [1.807, 2.05) is 17.0 Å². The molecular weight excluding hydrogens is 573 g/mol. The lowest BCUT2D eigenvalue weighted by Crippen LogP contribution is -2.50. The Morgan fingerprint density at radius 1 is 1.13 bits per heavy atom. The van der Waals surface area contributed by atoms with Crippen LogP contribution in [0.1, 0.15) is 10.4 Å². The number of cyclic esters (lactones) is 1. The number of anilines is 2. The number of nitrogens with one attached hydrogen (secondary N) is 1. The Hall–Kier alpha value is -4.26. The molecule has 0 saturated carbocycles. The predicted octanol–water partition coefficient (Wildman–Crippen LogP) is 3.22. The summed E-state index contributed by atoms with van der Waals surface area (Å²) in [6, 6.07) is 10.1. The van der Waals surface area contributed by atoms with Crippen LogP contribution in [0, 0.1) is 5.82 Å². The Labute approximate surface area is 230 Å². The lowest BCUT2D eigenvalue weighted by molar-refractivity contribution is -0.126. The van der Waals surface area contributed by atoms with Gasteiger partial charge in [-0.15, -0.1) is 5.10 Å². The van der Waals surface area contributed by atoms with Gasteiger partial charge in [-0.2, -0.15) is 0 Å². The third-order valence-corrected chi connectivity index (χ3v) is 7.46. The summed E-state index contributed by atoms with van der Waals surface area (Å²) < 4.78 is 23.0. The molecule has 39 heavy (non-hydrogen) atoms. The van der Waals surface area contributed by atoms with Crippen molar-refractivity contribution in [2.45, 2.75) is 12.6 Å². The van der Waals surface area contributed by atoms with Gasteiger partial charge in [0.2, 0.25) is 0 Å². The second-order valence-electron chi connectivity index (χ2n) is 9.38. The highest BCUT2D eigenvalue weighted by Crippen LogP contribution is 2.29. The molecule has 0 bridgehead atoms. The number of hydrogen-bond donors (Lipinski definition) is 1. The van der Waals surface area contributed by atoms with Crippen molar-refractivity contribution in [3.63, 3.8) is 0 Å². The maximum Gasteiger partial charge on any atom is 0.414 e. The fraction of sp³-hybridized carbons (Fsp3) is 0.269. The van der Waals surface area contributed by atoms with Crippen molar-refractivity contribution < 1.29 is 23.5 Å². The molecular formula is C26H23BrFN7O4. The molecule has 0 spiro atoms. The van der Waals surface area contributed by atoms with Gasteiger partial charge in [-0.3, -0.25) is 14.5 Å². The topological polar surface area (TPSA) is 117 Å². The van der Waals surface area contributed by atoms with Gasteiger partial charge < -0.3 is 19.5 Å². The summed E-state index contributed by atoms with van der Waals surface area (Å²) in [6.07, 6.45) is 3.79. The Bertz CT molecular complexity index is 1570. The molecule has 1 atom stereocenters. The monoisotopic (exact) mass is 595 g/mol. The molecule has 4 aromatic rings. The molecule has 2 aliphatic heterocycles. The third-order valence-electron chi connectivity index (χ3n) is 6.97. The number of ketones is 1. The molecule has 4 heterocycles. The van der Waals surface area contributed by atoms with E-state index in [0.29, 0.717) is 42.0 Å². The van der Waals surface area contributed by atoms with Crippen molar-refractivity contribution in [2.24, 2.45) is 0 Å². The zero-order chi connectivity index (χ0) is 27.1. The van der Waals surface area contributed by atoms with Crippen molar-refractivity contribution in [3.8, 4) is 0 Å². The fourth-order valence-corrected chi connectivity index (χ4v) is 5.34. The number of carbonyl (C=O) groups excluding carboxylic acids is 3. The summed E-state index contributed by atoms with van der Waals surface area (Å²) in [4.78, 5) is 46.1. The molecule has 11 nitrogen and oxygen atoms in total. The quantitative estimate of drug-likeness (QED) is 0.269. The molecule has 1 N–H and O–H groups in total. The summed E-state index contributed by atoms with van der Waals surface area (Å²) in [7, 11) is 0. The van der Waals surface area contributed by atoms with Gasteiger partial charge in [0.15, 0.2) is 0 Å². The molecule has 2 aromatic carbocycles. The normalized spacial score (nSPS) is 17.6. The van der Waals surface area contributed by atoms with E-state index in [1.165, 1.54) is 15.9 Å². The number of fused-ring (bicyclic) bond motifs is 1. The molecule has 2 aromatic heterocycles. The first kappa shape index (κ1) is 25.0. The number of hydrogen-bond acceptors (Lipinski definition) is 7. The number of Topliss-reactive ketones (excluding diaryl/α,β-unsaturated/α-hetero) is 1. The lowest BCUT2D eigenvalue weighted by atomic mass is 10.1. The number of H-pyrrole nitrogens is 1. The molecule has 13 heteroatoms. The number of ether oxygens (including phenoxy) is 1. The van der Waals surface area contributed by atoms with Crippen molar-refractivity contribution in [2.75, 3.05) is 42.5 Å². The first-order valence-electron chi connectivity index (χ1n) is 12.3. The van der Waals surface area contributed by atoms with Crippen LogP contribution in [-0.4, -0.2) is 81.5 Å². The minimum absolute atomic E-state index is 0.264. The van der Waals surface area contributed by atoms with Gasteiger partial charge in [-0.25, -0.2) is 13.9 Å². The summed E-state index contributed by atoms with van der Waals surface area (Å²) in [6.45, 7) is 1.90. The number of rotatable bonds is 6. The second kappa shape index (κ2) is 10.1. The Balaban J connectivity index is 1.09. The summed E-state index contributed by atoms with van der Waals surface area (Å²) >= 11 is 3.40. The van der Waals surface area contributed by atoms with E-state index in [1.54, 1.807) is 41.5 Å². The number of aromatic nitrogens is 4. The average molecular weight is 596 g/mol. The van der Waals surface area contributed by atoms with Gasteiger partial charge in [0.25, 0.3) is 11.7 Å². The zero-order valence-corrected chi connectivity index (χ0v) is 22.2. The number of halogens is 2. The largest absolute Gasteiger partial charge is 0.442 e. The van der Waals surface area contributed by atoms with E-state index in [2.05, 4.69) is 31.2 Å². The van der Waals surface area contributed by atoms with Gasteiger partial charge in [0, 0.05) is 53.9 Å². The summed E-state index contributed by atoms with van der Waals surface area (Å²) in [5.74, 6) is -1.65. The predicted molar refractivity (Wildman–Crippen MR) is 143 cm³/mol.